The monoisotopic (exact) mass is 302 g/mol. The Hall–Kier alpha value is -1.14. The van der Waals surface area contributed by atoms with Gasteiger partial charge in [0.25, 0.3) is 0 Å². The Morgan fingerprint density at radius 3 is 2.55 bits per heavy atom. The molecule has 1 unspecified atom stereocenters. The molecule has 0 saturated carbocycles. The molecule has 0 radical (unpaired) electrons. The Bertz CT molecular complexity index is 544. The van der Waals surface area contributed by atoms with Crippen molar-refractivity contribution in [2.45, 2.75) is 19.9 Å². The molecular weight excluding hydrogens is 279 g/mol. The average molecular weight is 302 g/mol. The van der Waals surface area contributed by atoms with Gasteiger partial charge in [-0.25, -0.2) is 12.8 Å². The molecule has 0 heterocycles. The fourth-order valence-electron chi connectivity index (χ4n) is 1.96. The van der Waals surface area contributed by atoms with Crippen LogP contribution in [0.3, 0.4) is 0 Å². The van der Waals surface area contributed by atoms with Gasteiger partial charge in [0.15, 0.2) is 9.84 Å². The van der Waals surface area contributed by atoms with Crippen LogP contribution in [-0.2, 0) is 9.84 Å². The van der Waals surface area contributed by atoms with Crippen LogP contribution >= 0.6 is 0 Å². The van der Waals surface area contributed by atoms with Crippen LogP contribution in [-0.4, -0.2) is 40.6 Å². The Labute approximate surface area is 120 Å². The summed E-state index contributed by atoms with van der Waals surface area (Å²) >= 11 is 0. The summed E-state index contributed by atoms with van der Waals surface area (Å²) in [5.41, 5.74) is 1.74. The molecule has 0 saturated heterocycles. The summed E-state index contributed by atoms with van der Waals surface area (Å²) in [4.78, 5) is 1.85. The highest BCUT2D eigenvalue weighted by Crippen LogP contribution is 2.25. The van der Waals surface area contributed by atoms with E-state index in [0.717, 1.165) is 11.3 Å². The number of rotatable bonds is 7. The van der Waals surface area contributed by atoms with Gasteiger partial charge in [-0.05, 0) is 24.6 Å². The molecule has 0 amide bonds. The predicted octanol–water partition coefficient (Wildman–Crippen LogP) is 1.98. The van der Waals surface area contributed by atoms with Crippen LogP contribution in [0.2, 0.25) is 0 Å². The van der Waals surface area contributed by atoms with Crippen molar-refractivity contribution in [1.29, 1.82) is 0 Å². The first-order chi connectivity index (χ1) is 9.26. The molecule has 0 aromatic heterocycles. The normalized spacial score (nSPS) is 13.2. The topological polar surface area (TPSA) is 49.4 Å². The maximum absolute atomic E-state index is 13.3. The fraction of sp³-hybridized carbons (Fsp3) is 0.571. The lowest BCUT2D eigenvalue weighted by Crippen LogP contribution is -2.27. The molecule has 1 N–H and O–H groups in total. The molecule has 114 valence electrons. The molecule has 1 atom stereocenters. The molecule has 0 aliphatic carbocycles. The van der Waals surface area contributed by atoms with E-state index in [1.165, 1.54) is 12.1 Å². The first-order valence-electron chi connectivity index (χ1n) is 6.67. The number of hydrogen-bond acceptors (Lipinski definition) is 4. The quantitative estimate of drug-likeness (QED) is 0.837. The minimum Gasteiger partial charge on any atom is -0.377 e. The zero-order chi connectivity index (χ0) is 15.3. The lowest BCUT2D eigenvalue weighted by molar-refractivity contribution is 0.571. The average Bonchev–Trinajstić information content (AvgIpc) is 2.38. The number of nitrogens with one attached hydrogen (secondary N) is 1. The van der Waals surface area contributed by atoms with Crippen LogP contribution in [0.25, 0.3) is 0 Å². The number of benzene rings is 1. The van der Waals surface area contributed by atoms with Gasteiger partial charge in [-0.15, -0.1) is 0 Å². The third kappa shape index (κ3) is 4.76. The van der Waals surface area contributed by atoms with Gasteiger partial charge in [-0.2, -0.15) is 0 Å². The predicted molar refractivity (Wildman–Crippen MR) is 81.5 cm³/mol. The summed E-state index contributed by atoms with van der Waals surface area (Å²) in [6, 6.07) is 4.59. The SMILES string of the molecule is CCS(=O)(=O)CCNC(C)c1ccc(F)cc1N(C)C. The number of nitrogens with zero attached hydrogens (tertiary/aromatic N) is 1. The standard InChI is InChI=1S/C14H23FN2O2S/c1-5-20(18,19)9-8-16-11(2)13-7-6-12(15)10-14(13)17(3)4/h6-7,10-11,16H,5,8-9H2,1-4H3. The van der Waals surface area contributed by atoms with E-state index >= 15 is 0 Å². The van der Waals surface area contributed by atoms with E-state index in [2.05, 4.69) is 5.32 Å². The molecule has 1 aromatic rings. The molecule has 4 nitrogen and oxygen atoms in total. The van der Waals surface area contributed by atoms with Crippen molar-refractivity contribution in [3.05, 3.63) is 29.6 Å². The van der Waals surface area contributed by atoms with Gasteiger partial charge in [0.2, 0.25) is 0 Å². The number of anilines is 1. The summed E-state index contributed by atoms with van der Waals surface area (Å²) in [7, 11) is 0.744. The molecule has 0 aliphatic heterocycles. The van der Waals surface area contributed by atoms with Gasteiger partial charge < -0.3 is 10.2 Å². The fourth-order valence-corrected chi connectivity index (χ4v) is 2.67. The van der Waals surface area contributed by atoms with E-state index in [0.29, 0.717) is 6.54 Å². The molecule has 0 aliphatic rings. The molecule has 0 spiro atoms. The third-order valence-corrected chi connectivity index (χ3v) is 4.95. The Morgan fingerprint density at radius 1 is 1.35 bits per heavy atom. The van der Waals surface area contributed by atoms with Gasteiger partial charge in [-0.3, -0.25) is 0 Å². The summed E-state index contributed by atoms with van der Waals surface area (Å²) in [6.45, 7) is 3.98. The van der Waals surface area contributed by atoms with Crippen molar-refractivity contribution in [3.8, 4) is 0 Å². The van der Waals surface area contributed by atoms with E-state index in [-0.39, 0.29) is 23.4 Å². The summed E-state index contributed by atoms with van der Waals surface area (Å²) in [5.74, 6) is -0.00673. The Balaban J connectivity index is 2.75. The first-order valence-corrected chi connectivity index (χ1v) is 8.49. The molecule has 20 heavy (non-hydrogen) atoms. The Kier molecular flexibility index (Phi) is 5.95. The van der Waals surface area contributed by atoms with Gasteiger partial charge in [0.1, 0.15) is 5.82 Å². The van der Waals surface area contributed by atoms with Crippen LogP contribution in [0, 0.1) is 5.82 Å². The maximum atomic E-state index is 13.3. The number of halogens is 1. The van der Waals surface area contributed by atoms with E-state index < -0.39 is 9.84 Å². The molecule has 1 aromatic carbocycles. The highest BCUT2D eigenvalue weighted by atomic mass is 32.2. The maximum Gasteiger partial charge on any atom is 0.151 e. The summed E-state index contributed by atoms with van der Waals surface area (Å²) in [5, 5.41) is 3.18. The number of sulfone groups is 1. The van der Waals surface area contributed by atoms with Crippen LogP contribution in [0.1, 0.15) is 25.5 Å². The van der Waals surface area contributed by atoms with Crippen LogP contribution in [0.4, 0.5) is 10.1 Å². The lowest BCUT2D eigenvalue weighted by Gasteiger charge is -2.22. The van der Waals surface area contributed by atoms with E-state index in [9.17, 15) is 12.8 Å². The minimum absolute atomic E-state index is 0.0416. The van der Waals surface area contributed by atoms with Crippen LogP contribution in [0.15, 0.2) is 18.2 Å². The second-order valence-corrected chi connectivity index (χ2v) is 7.48. The second-order valence-electron chi connectivity index (χ2n) is 5.01. The van der Waals surface area contributed by atoms with Gasteiger partial charge >= 0.3 is 0 Å². The first kappa shape index (κ1) is 16.9. The third-order valence-electron chi connectivity index (χ3n) is 3.24. The van der Waals surface area contributed by atoms with Crippen molar-refractivity contribution in [2.75, 3.05) is 37.0 Å². The van der Waals surface area contributed by atoms with Crippen molar-refractivity contribution in [2.24, 2.45) is 0 Å². The van der Waals surface area contributed by atoms with E-state index in [1.54, 1.807) is 13.0 Å². The summed E-state index contributed by atoms with van der Waals surface area (Å²) < 4.78 is 36.2. The molecular formula is C14H23FN2O2S. The second kappa shape index (κ2) is 7.04. The van der Waals surface area contributed by atoms with Crippen molar-refractivity contribution in [1.82, 2.24) is 5.32 Å². The minimum atomic E-state index is -2.96. The van der Waals surface area contributed by atoms with Gasteiger partial charge in [0.05, 0.1) is 5.75 Å². The Morgan fingerprint density at radius 2 is 2.00 bits per heavy atom. The highest BCUT2D eigenvalue weighted by Gasteiger charge is 2.14. The van der Waals surface area contributed by atoms with Gasteiger partial charge in [0, 0.05) is 38.1 Å². The van der Waals surface area contributed by atoms with Crippen molar-refractivity contribution >= 4 is 15.5 Å². The van der Waals surface area contributed by atoms with E-state index in [1.807, 2.05) is 25.9 Å². The van der Waals surface area contributed by atoms with Crippen LogP contribution < -0.4 is 10.2 Å². The smallest absolute Gasteiger partial charge is 0.151 e. The highest BCUT2D eigenvalue weighted by molar-refractivity contribution is 7.91. The zero-order valence-electron chi connectivity index (χ0n) is 12.5. The molecule has 6 heteroatoms. The zero-order valence-corrected chi connectivity index (χ0v) is 13.3. The van der Waals surface area contributed by atoms with Crippen molar-refractivity contribution in [3.63, 3.8) is 0 Å². The molecule has 0 fully saturated rings. The van der Waals surface area contributed by atoms with Crippen LogP contribution in [0.5, 0.6) is 0 Å². The lowest BCUT2D eigenvalue weighted by atomic mass is 10.1. The largest absolute Gasteiger partial charge is 0.377 e. The van der Waals surface area contributed by atoms with Gasteiger partial charge in [-0.1, -0.05) is 13.0 Å². The molecule has 0 bridgehead atoms. The summed E-state index contributed by atoms with van der Waals surface area (Å²) in [6.07, 6.45) is 0. The van der Waals surface area contributed by atoms with E-state index in [4.69, 9.17) is 0 Å². The number of hydrogen-bond donors (Lipinski definition) is 1. The van der Waals surface area contributed by atoms with Crippen molar-refractivity contribution < 1.29 is 12.8 Å². The molecule has 1 rings (SSSR count).